The topological polar surface area (TPSA) is 53.3 Å². The molecular formula is C21H18F2N2O3. The molecule has 0 saturated carbocycles. The summed E-state index contributed by atoms with van der Waals surface area (Å²) in [6, 6.07) is 10.0. The quantitative estimate of drug-likeness (QED) is 0.453. The summed E-state index contributed by atoms with van der Waals surface area (Å²) in [7, 11) is 3.21. The van der Waals surface area contributed by atoms with Crippen molar-refractivity contribution >= 4 is 11.9 Å². The fourth-order valence-corrected chi connectivity index (χ4v) is 2.64. The lowest BCUT2D eigenvalue weighted by molar-refractivity contribution is 0.103. The van der Waals surface area contributed by atoms with E-state index in [0.29, 0.717) is 17.0 Å². The van der Waals surface area contributed by atoms with Crippen LogP contribution in [0.3, 0.4) is 0 Å². The number of methoxy groups -OCH3 is 1. The summed E-state index contributed by atoms with van der Waals surface area (Å²) in [5.41, 5.74) is 1.87. The Morgan fingerprint density at radius 3 is 2.61 bits per heavy atom. The van der Waals surface area contributed by atoms with Crippen molar-refractivity contribution in [3.8, 4) is 11.5 Å². The van der Waals surface area contributed by atoms with E-state index in [4.69, 9.17) is 9.47 Å². The molecular weight excluding hydrogens is 366 g/mol. The van der Waals surface area contributed by atoms with Crippen LogP contribution in [0.2, 0.25) is 0 Å². The van der Waals surface area contributed by atoms with Crippen LogP contribution in [0.5, 0.6) is 11.5 Å². The number of carbonyl (C=O) groups is 1. The van der Waals surface area contributed by atoms with Gasteiger partial charge in [0.2, 0.25) is 5.78 Å². The lowest BCUT2D eigenvalue weighted by atomic mass is 10.1. The van der Waals surface area contributed by atoms with Gasteiger partial charge in [0.05, 0.1) is 7.11 Å². The molecule has 2 aromatic carbocycles. The number of aryl methyl sites for hydroxylation is 1. The first kappa shape index (κ1) is 19.3. The minimum atomic E-state index is -0.781. The predicted octanol–water partition coefficient (Wildman–Crippen LogP) is 4.18. The van der Waals surface area contributed by atoms with Crippen LogP contribution in [0.1, 0.15) is 21.6 Å². The molecule has 0 N–H and O–H groups in total. The molecule has 0 radical (unpaired) electrons. The number of hydrogen-bond donors (Lipinski definition) is 0. The molecule has 0 unspecified atom stereocenters. The lowest BCUT2D eigenvalue weighted by Crippen LogP contribution is -2.04. The fourth-order valence-electron chi connectivity index (χ4n) is 2.64. The van der Waals surface area contributed by atoms with Crippen LogP contribution in [0.25, 0.3) is 6.08 Å². The molecule has 5 nitrogen and oxygen atoms in total. The van der Waals surface area contributed by atoms with Crippen molar-refractivity contribution in [2.45, 2.75) is 6.61 Å². The molecule has 0 aliphatic carbocycles. The van der Waals surface area contributed by atoms with Gasteiger partial charge in [-0.05, 0) is 42.0 Å². The normalized spacial score (nSPS) is 11.0. The summed E-state index contributed by atoms with van der Waals surface area (Å²) in [5, 5.41) is 3.97. The van der Waals surface area contributed by atoms with E-state index in [-0.39, 0.29) is 18.1 Å². The highest BCUT2D eigenvalue weighted by molar-refractivity contribution is 6.05. The minimum absolute atomic E-state index is 0.0169. The Labute approximate surface area is 160 Å². The van der Waals surface area contributed by atoms with Gasteiger partial charge in [-0.25, -0.2) is 8.78 Å². The Balaban J connectivity index is 1.77. The molecule has 3 rings (SSSR count). The number of nitrogens with zero attached hydrogens (tertiary/aromatic N) is 2. The summed E-state index contributed by atoms with van der Waals surface area (Å²) in [4.78, 5) is 12.2. The Kier molecular flexibility index (Phi) is 5.84. The largest absolute Gasteiger partial charge is 0.496 e. The molecule has 0 fully saturated rings. The van der Waals surface area contributed by atoms with Crippen molar-refractivity contribution < 1.29 is 23.0 Å². The zero-order valence-corrected chi connectivity index (χ0v) is 15.4. The third-order valence-electron chi connectivity index (χ3n) is 4.08. The highest BCUT2D eigenvalue weighted by atomic mass is 19.1. The minimum Gasteiger partial charge on any atom is -0.496 e. The van der Waals surface area contributed by atoms with Crippen LogP contribution in [0.4, 0.5) is 8.78 Å². The second kappa shape index (κ2) is 8.47. The average molecular weight is 384 g/mol. The third kappa shape index (κ3) is 4.43. The van der Waals surface area contributed by atoms with Gasteiger partial charge in [-0.15, -0.1) is 0 Å². The molecule has 0 saturated heterocycles. The fraction of sp³-hybridized carbons (Fsp3) is 0.143. The van der Waals surface area contributed by atoms with Crippen molar-refractivity contribution in [1.82, 2.24) is 9.78 Å². The predicted molar refractivity (Wildman–Crippen MR) is 100 cm³/mol. The summed E-state index contributed by atoms with van der Waals surface area (Å²) in [6.45, 7) is 0.0169. The summed E-state index contributed by atoms with van der Waals surface area (Å²) in [6.07, 6.45) is 4.67. The lowest BCUT2D eigenvalue weighted by Gasteiger charge is -2.12. The zero-order valence-electron chi connectivity index (χ0n) is 15.4. The molecule has 144 valence electrons. The molecule has 0 spiro atoms. The maximum absolute atomic E-state index is 13.7. The molecule has 28 heavy (non-hydrogen) atoms. The number of allylic oxidation sites excluding steroid dienone is 1. The SMILES string of the molecule is COc1ccc(/C=C/C(=O)c2ccnn2C)cc1COc1ccc(F)cc1F. The highest BCUT2D eigenvalue weighted by Gasteiger charge is 2.10. The Morgan fingerprint density at radius 2 is 1.93 bits per heavy atom. The van der Waals surface area contributed by atoms with Gasteiger partial charge in [0, 0.05) is 24.9 Å². The third-order valence-corrected chi connectivity index (χ3v) is 4.08. The van der Waals surface area contributed by atoms with Gasteiger partial charge in [0.25, 0.3) is 0 Å². The highest BCUT2D eigenvalue weighted by Crippen LogP contribution is 2.24. The van der Waals surface area contributed by atoms with Gasteiger partial charge >= 0.3 is 0 Å². The number of aromatic nitrogens is 2. The van der Waals surface area contributed by atoms with Gasteiger partial charge in [0.15, 0.2) is 11.6 Å². The van der Waals surface area contributed by atoms with E-state index >= 15 is 0 Å². The van der Waals surface area contributed by atoms with Crippen molar-refractivity contribution in [2.24, 2.45) is 7.05 Å². The van der Waals surface area contributed by atoms with E-state index in [1.165, 1.54) is 23.9 Å². The molecule has 1 aromatic heterocycles. The molecule has 0 aliphatic heterocycles. The van der Waals surface area contributed by atoms with Crippen molar-refractivity contribution in [1.29, 1.82) is 0 Å². The van der Waals surface area contributed by atoms with E-state index in [2.05, 4.69) is 5.10 Å². The second-order valence-electron chi connectivity index (χ2n) is 5.97. The summed E-state index contributed by atoms with van der Waals surface area (Å²) < 4.78 is 39.0. The van der Waals surface area contributed by atoms with E-state index < -0.39 is 11.6 Å². The van der Waals surface area contributed by atoms with Gasteiger partial charge in [-0.1, -0.05) is 12.1 Å². The summed E-state index contributed by atoms with van der Waals surface area (Å²) in [5.74, 6) is -1.14. The number of ether oxygens (including phenoxy) is 2. The van der Waals surface area contributed by atoms with Crippen molar-refractivity contribution in [2.75, 3.05) is 7.11 Å². The molecule has 0 amide bonds. The standard InChI is InChI=1S/C21H18F2N2O3/c1-25-18(9-10-24-25)19(26)6-3-14-4-7-20(27-2)15(11-14)13-28-21-8-5-16(22)12-17(21)23/h3-12H,13H2,1-2H3/b6-3+. The van der Waals surface area contributed by atoms with E-state index in [1.807, 2.05) is 0 Å². The Morgan fingerprint density at radius 1 is 1.14 bits per heavy atom. The zero-order chi connectivity index (χ0) is 20.1. The van der Waals surface area contributed by atoms with Gasteiger partial charge < -0.3 is 9.47 Å². The van der Waals surface area contributed by atoms with E-state index in [0.717, 1.165) is 17.7 Å². The average Bonchev–Trinajstić information content (AvgIpc) is 3.11. The molecule has 0 atom stereocenters. The van der Waals surface area contributed by atoms with Gasteiger partial charge in [-0.3, -0.25) is 9.48 Å². The number of carbonyl (C=O) groups excluding carboxylic acids is 1. The van der Waals surface area contributed by atoms with E-state index in [1.54, 1.807) is 43.6 Å². The first-order valence-electron chi connectivity index (χ1n) is 8.43. The molecule has 1 heterocycles. The van der Waals surface area contributed by atoms with Crippen LogP contribution in [-0.2, 0) is 13.7 Å². The number of benzene rings is 2. The number of ketones is 1. The molecule has 3 aromatic rings. The van der Waals surface area contributed by atoms with Crippen LogP contribution in [0, 0.1) is 11.6 Å². The van der Waals surface area contributed by atoms with Crippen molar-refractivity contribution in [3.05, 3.63) is 83.2 Å². The van der Waals surface area contributed by atoms with Gasteiger partial charge in [0.1, 0.15) is 23.9 Å². The second-order valence-corrected chi connectivity index (χ2v) is 5.97. The maximum atomic E-state index is 13.7. The maximum Gasteiger partial charge on any atom is 0.203 e. The number of halogens is 2. The smallest absolute Gasteiger partial charge is 0.203 e. The van der Waals surface area contributed by atoms with Crippen molar-refractivity contribution in [3.63, 3.8) is 0 Å². The summed E-state index contributed by atoms with van der Waals surface area (Å²) >= 11 is 0. The number of rotatable bonds is 7. The first-order chi connectivity index (χ1) is 13.5. The molecule has 0 aliphatic rings. The number of hydrogen-bond acceptors (Lipinski definition) is 4. The van der Waals surface area contributed by atoms with Crippen LogP contribution in [0.15, 0.2) is 54.7 Å². The van der Waals surface area contributed by atoms with Crippen LogP contribution < -0.4 is 9.47 Å². The molecule has 0 bridgehead atoms. The monoisotopic (exact) mass is 384 g/mol. The first-order valence-corrected chi connectivity index (χ1v) is 8.43. The Bertz CT molecular complexity index is 1030. The Hall–Kier alpha value is -3.48. The molecule has 7 heteroatoms. The van der Waals surface area contributed by atoms with E-state index in [9.17, 15) is 13.6 Å². The van der Waals surface area contributed by atoms with Gasteiger partial charge in [-0.2, -0.15) is 5.10 Å². The van der Waals surface area contributed by atoms with Crippen LogP contribution >= 0.6 is 0 Å². The van der Waals surface area contributed by atoms with Crippen LogP contribution in [-0.4, -0.2) is 22.7 Å².